The van der Waals surface area contributed by atoms with Gasteiger partial charge in [-0.3, -0.25) is 4.90 Å². The van der Waals surface area contributed by atoms with E-state index in [0.717, 1.165) is 10.9 Å². The minimum absolute atomic E-state index is 0.140. The summed E-state index contributed by atoms with van der Waals surface area (Å²) in [6, 6.07) is 3.75. The van der Waals surface area contributed by atoms with Gasteiger partial charge in [-0.2, -0.15) is 0 Å². The number of rotatable bonds is 3. The van der Waals surface area contributed by atoms with Gasteiger partial charge in [0.15, 0.2) is 16.8 Å². The van der Waals surface area contributed by atoms with E-state index in [1.54, 1.807) is 12.3 Å². The summed E-state index contributed by atoms with van der Waals surface area (Å²) in [7, 11) is 0. The van der Waals surface area contributed by atoms with Crippen molar-refractivity contribution in [2.24, 2.45) is 0 Å². The molecule has 0 saturated carbocycles. The quantitative estimate of drug-likeness (QED) is 0.913. The number of thiazole rings is 1. The molecule has 0 radical (unpaired) electrons. The van der Waals surface area contributed by atoms with Gasteiger partial charge in [-0.25, -0.2) is 13.8 Å². The summed E-state index contributed by atoms with van der Waals surface area (Å²) in [4.78, 5) is 7.01. The molecule has 1 aromatic heterocycles. The molecule has 2 aromatic rings. The molecule has 2 atom stereocenters. The van der Waals surface area contributed by atoms with E-state index < -0.39 is 17.7 Å². The highest BCUT2D eigenvalue weighted by atomic mass is 32.1. The zero-order valence-electron chi connectivity index (χ0n) is 11.2. The highest BCUT2D eigenvalue weighted by Crippen LogP contribution is 2.34. The van der Waals surface area contributed by atoms with Gasteiger partial charge < -0.3 is 10.8 Å². The lowest BCUT2D eigenvalue weighted by atomic mass is 10.0. The average molecular weight is 311 g/mol. The zero-order valence-corrected chi connectivity index (χ0v) is 12.0. The molecule has 7 heteroatoms. The van der Waals surface area contributed by atoms with Crippen molar-refractivity contribution in [2.75, 3.05) is 12.3 Å². The minimum atomic E-state index is -0.865. The second kappa shape index (κ2) is 5.67. The Hall–Kier alpha value is -1.57. The molecule has 112 valence electrons. The Morgan fingerprint density at radius 1 is 1.38 bits per heavy atom. The first-order chi connectivity index (χ1) is 10.0. The maximum atomic E-state index is 13.4. The van der Waals surface area contributed by atoms with E-state index in [4.69, 9.17) is 5.73 Å². The lowest BCUT2D eigenvalue weighted by Gasteiger charge is -2.23. The van der Waals surface area contributed by atoms with Crippen LogP contribution < -0.4 is 5.73 Å². The molecule has 21 heavy (non-hydrogen) atoms. The fraction of sp³-hybridized carbons (Fsp3) is 0.357. The number of likely N-dealkylation sites (tertiary alicyclic amines) is 1. The van der Waals surface area contributed by atoms with E-state index in [0.29, 0.717) is 30.2 Å². The molecule has 0 amide bonds. The van der Waals surface area contributed by atoms with Gasteiger partial charge in [-0.15, -0.1) is 11.3 Å². The van der Waals surface area contributed by atoms with Crippen LogP contribution in [0.1, 0.15) is 22.9 Å². The lowest BCUT2D eigenvalue weighted by molar-refractivity contribution is 0.173. The maximum absolute atomic E-state index is 13.4. The van der Waals surface area contributed by atoms with Gasteiger partial charge in [0.25, 0.3) is 0 Å². The summed E-state index contributed by atoms with van der Waals surface area (Å²) < 4.78 is 26.5. The summed E-state index contributed by atoms with van der Waals surface area (Å²) in [6.07, 6.45) is 1.72. The molecule has 1 saturated heterocycles. The van der Waals surface area contributed by atoms with E-state index >= 15 is 0 Å². The number of nitrogens with zero attached hydrogens (tertiary/aromatic N) is 2. The number of hydrogen-bond donors (Lipinski definition) is 2. The van der Waals surface area contributed by atoms with E-state index in [1.807, 2.05) is 4.90 Å². The smallest absolute Gasteiger partial charge is 0.180 e. The van der Waals surface area contributed by atoms with Gasteiger partial charge in [0, 0.05) is 30.2 Å². The molecule has 0 aliphatic carbocycles. The number of aliphatic hydroxyl groups is 1. The monoisotopic (exact) mass is 311 g/mol. The number of nitrogens with two attached hydrogens (primary N) is 1. The molecule has 1 aliphatic heterocycles. The van der Waals surface area contributed by atoms with Gasteiger partial charge in [0.1, 0.15) is 0 Å². The SMILES string of the molecule is Nc1ncc(CN2CC(O)CC2c2ccc(F)c(F)c2)s1. The fourth-order valence-electron chi connectivity index (χ4n) is 2.72. The standard InChI is InChI=1S/C14H15F2N3OS/c15-11-2-1-8(3-12(11)16)13-4-9(20)6-19(13)7-10-5-18-14(17)21-10/h1-3,5,9,13,20H,4,6-7H2,(H2,17,18). The number of hydrogen-bond acceptors (Lipinski definition) is 5. The van der Waals surface area contributed by atoms with Crippen LogP contribution in [0, 0.1) is 11.6 Å². The topological polar surface area (TPSA) is 62.4 Å². The van der Waals surface area contributed by atoms with Gasteiger partial charge in [-0.1, -0.05) is 6.07 Å². The predicted octanol–water partition coefficient (Wildman–Crippen LogP) is 2.31. The molecule has 0 bridgehead atoms. The molecule has 2 heterocycles. The van der Waals surface area contributed by atoms with Gasteiger partial charge in [0.2, 0.25) is 0 Å². The number of halogens is 2. The van der Waals surface area contributed by atoms with E-state index in [2.05, 4.69) is 4.98 Å². The Balaban J connectivity index is 1.83. The molecular weight excluding hydrogens is 296 g/mol. The Bertz CT molecular complexity index is 649. The third-order valence-electron chi connectivity index (χ3n) is 3.64. The second-order valence-electron chi connectivity index (χ2n) is 5.17. The fourth-order valence-corrected chi connectivity index (χ4v) is 3.43. The van der Waals surface area contributed by atoms with E-state index in [1.165, 1.54) is 17.4 Å². The van der Waals surface area contributed by atoms with Crippen LogP contribution in [0.3, 0.4) is 0 Å². The Morgan fingerprint density at radius 3 is 2.86 bits per heavy atom. The van der Waals surface area contributed by atoms with Crippen LogP contribution in [0.15, 0.2) is 24.4 Å². The third-order valence-corrected chi connectivity index (χ3v) is 4.45. The Morgan fingerprint density at radius 2 is 2.19 bits per heavy atom. The first-order valence-electron chi connectivity index (χ1n) is 6.60. The molecule has 2 unspecified atom stereocenters. The summed E-state index contributed by atoms with van der Waals surface area (Å²) in [5, 5.41) is 10.4. The second-order valence-corrected chi connectivity index (χ2v) is 6.32. The van der Waals surface area contributed by atoms with Crippen LogP contribution in [0.25, 0.3) is 0 Å². The van der Waals surface area contributed by atoms with Crippen LogP contribution in [0.2, 0.25) is 0 Å². The molecule has 1 aromatic carbocycles. The van der Waals surface area contributed by atoms with Crippen molar-refractivity contribution in [3.05, 3.63) is 46.5 Å². The molecule has 3 rings (SSSR count). The lowest BCUT2D eigenvalue weighted by Crippen LogP contribution is -2.24. The molecule has 1 fully saturated rings. The molecule has 1 aliphatic rings. The number of β-amino-alcohol motifs (C(OH)–C–C–N with tert-alkyl or cyclic N) is 1. The highest BCUT2D eigenvalue weighted by Gasteiger charge is 2.32. The van der Waals surface area contributed by atoms with Crippen molar-refractivity contribution in [2.45, 2.75) is 25.1 Å². The third kappa shape index (κ3) is 3.04. The van der Waals surface area contributed by atoms with Crippen LogP contribution in [0.4, 0.5) is 13.9 Å². The van der Waals surface area contributed by atoms with Crippen LogP contribution in [0.5, 0.6) is 0 Å². The number of aromatic nitrogens is 1. The molecule has 0 spiro atoms. The molecule has 4 nitrogen and oxygen atoms in total. The van der Waals surface area contributed by atoms with E-state index in [9.17, 15) is 13.9 Å². The molecule has 3 N–H and O–H groups in total. The average Bonchev–Trinajstić information content (AvgIpc) is 3.00. The minimum Gasteiger partial charge on any atom is -0.392 e. The van der Waals surface area contributed by atoms with Crippen molar-refractivity contribution in [3.63, 3.8) is 0 Å². The number of aliphatic hydroxyl groups excluding tert-OH is 1. The first kappa shape index (κ1) is 14.4. The van der Waals surface area contributed by atoms with Crippen molar-refractivity contribution in [3.8, 4) is 0 Å². The van der Waals surface area contributed by atoms with Crippen molar-refractivity contribution in [1.82, 2.24) is 9.88 Å². The van der Waals surface area contributed by atoms with Crippen molar-refractivity contribution < 1.29 is 13.9 Å². The van der Waals surface area contributed by atoms with Gasteiger partial charge in [-0.05, 0) is 24.1 Å². The van der Waals surface area contributed by atoms with Gasteiger partial charge >= 0.3 is 0 Å². The van der Waals surface area contributed by atoms with Crippen LogP contribution in [-0.2, 0) is 6.54 Å². The number of nitrogen functional groups attached to an aromatic ring is 1. The Labute approximate surface area is 124 Å². The van der Waals surface area contributed by atoms with E-state index in [-0.39, 0.29) is 6.04 Å². The normalized spacial score (nSPS) is 22.8. The largest absolute Gasteiger partial charge is 0.392 e. The number of anilines is 1. The summed E-state index contributed by atoms with van der Waals surface area (Å²) >= 11 is 1.39. The summed E-state index contributed by atoms with van der Waals surface area (Å²) in [6.45, 7) is 1.07. The first-order valence-corrected chi connectivity index (χ1v) is 7.42. The maximum Gasteiger partial charge on any atom is 0.180 e. The summed E-state index contributed by atoms with van der Waals surface area (Å²) in [5.41, 5.74) is 6.28. The Kier molecular flexibility index (Phi) is 3.88. The summed E-state index contributed by atoms with van der Waals surface area (Å²) in [5.74, 6) is -1.73. The van der Waals surface area contributed by atoms with Crippen LogP contribution in [-0.4, -0.2) is 27.6 Å². The molecular formula is C14H15F2N3OS. The highest BCUT2D eigenvalue weighted by molar-refractivity contribution is 7.15. The predicted molar refractivity (Wildman–Crippen MR) is 76.7 cm³/mol. The van der Waals surface area contributed by atoms with Gasteiger partial charge in [0.05, 0.1) is 6.10 Å². The van der Waals surface area contributed by atoms with Crippen LogP contribution >= 0.6 is 11.3 Å². The zero-order chi connectivity index (χ0) is 15.0. The van der Waals surface area contributed by atoms with Crippen molar-refractivity contribution >= 4 is 16.5 Å². The number of benzene rings is 1. The van der Waals surface area contributed by atoms with Crippen molar-refractivity contribution in [1.29, 1.82) is 0 Å².